The molecule has 5 aromatic heterocycles. The van der Waals surface area contributed by atoms with Gasteiger partial charge in [-0.3, -0.25) is 29.9 Å². The molecule has 0 spiro atoms. The average Bonchev–Trinajstić information content (AvgIpc) is 4.59. The molecule has 0 saturated carbocycles. The van der Waals surface area contributed by atoms with Gasteiger partial charge in [0.25, 0.3) is 0 Å². The monoisotopic (exact) mass is 1150 g/mol. The first kappa shape index (κ1) is 57.9. The summed E-state index contributed by atoms with van der Waals surface area (Å²) >= 11 is 0. The van der Waals surface area contributed by atoms with Gasteiger partial charge in [-0.05, 0) is 108 Å². The zero-order valence-corrected chi connectivity index (χ0v) is 47.4. The number of urea groups is 2. The van der Waals surface area contributed by atoms with Crippen LogP contribution in [0.3, 0.4) is 0 Å². The molecule has 0 radical (unpaired) electrons. The number of aromatic amines is 1. The van der Waals surface area contributed by atoms with E-state index in [0.29, 0.717) is 38.5 Å². The smallest absolute Gasteiger partial charge is 0.416 e. The molecule has 16 nitrogen and oxygen atoms in total. The molecule has 12 rings (SSSR count). The number of aromatic nitrogens is 7. The molecule has 85 heavy (non-hydrogen) atoms. The van der Waals surface area contributed by atoms with Gasteiger partial charge in [0, 0.05) is 133 Å². The second-order valence-corrected chi connectivity index (χ2v) is 19.9. The molecule has 4 amide bonds. The molecule has 432 valence electrons. The van der Waals surface area contributed by atoms with Gasteiger partial charge in [0.15, 0.2) is 0 Å². The molecule has 0 aliphatic carbocycles. The van der Waals surface area contributed by atoms with E-state index in [0.717, 1.165) is 80.0 Å². The molecule has 2 saturated heterocycles. The Balaban J connectivity index is 0.000000142. The van der Waals surface area contributed by atoms with Gasteiger partial charge in [-0.15, -0.1) is 0 Å². The average molecular weight is 1150 g/mol. The number of benzene rings is 5. The molecule has 0 bridgehead atoms. The standard InChI is InChI=1S/C23H19F3N3O.C22H24N4O2.C21H20N4O2/c1-30-22-14-19(6-7-20(22)17-8-10-27-11-9-17)29-13-12-28(16-29)15-18-4-2-3-5-21(18)23(24,25)26;1-3-20(16-7-5-4-6-8-16)26-12-11-25(22(26)27)18-9-10-19(21(13-18)28-2)17-14-23-24-15-17;1-27-20-14-18(2-3-19(20)17-6-10-23-11-7-17)25-13-12-24(21(25)26)15-16-4-8-22-9-5-16/h2-14,16H,15H2,1H3;4-10,13-15,20H,3,11-12H2,1-2H3,(H,23,24);2-11,14H,12-13,15H2,1H3/q+1;;. The van der Waals surface area contributed by atoms with Crippen molar-refractivity contribution in [2.45, 2.75) is 38.7 Å². The zero-order chi connectivity index (χ0) is 59.3. The number of anilines is 2. The number of nitrogens with zero attached hydrogens (tertiary/aromatic N) is 10. The number of nitrogens with one attached hydrogen (secondary N) is 1. The van der Waals surface area contributed by atoms with Crippen molar-refractivity contribution in [2.75, 3.05) is 57.3 Å². The lowest BCUT2D eigenvalue weighted by Crippen LogP contribution is -2.34. The molecule has 7 heterocycles. The Hall–Kier alpha value is -10.3. The Morgan fingerprint density at radius 2 is 1.13 bits per heavy atom. The first-order chi connectivity index (χ1) is 41.4. The van der Waals surface area contributed by atoms with E-state index in [1.54, 1.807) is 99.0 Å². The van der Waals surface area contributed by atoms with Gasteiger partial charge >= 0.3 is 18.2 Å². The Bertz CT molecular complexity index is 3820. The van der Waals surface area contributed by atoms with Crippen LogP contribution in [0.5, 0.6) is 17.2 Å². The summed E-state index contributed by atoms with van der Waals surface area (Å²) in [5, 5.41) is 6.82. The molecule has 2 aliphatic rings. The predicted octanol–water partition coefficient (Wildman–Crippen LogP) is 13.0. The van der Waals surface area contributed by atoms with Gasteiger partial charge in [0.05, 0.1) is 39.1 Å². The molecule has 2 aliphatic heterocycles. The van der Waals surface area contributed by atoms with Gasteiger partial charge in [-0.25, -0.2) is 18.7 Å². The highest BCUT2D eigenvalue weighted by molar-refractivity contribution is 5.96. The van der Waals surface area contributed by atoms with Crippen molar-refractivity contribution in [1.29, 1.82) is 0 Å². The van der Waals surface area contributed by atoms with Gasteiger partial charge < -0.3 is 24.0 Å². The summed E-state index contributed by atoms with van der Waals surface area (Å²) in [6, 6.07) is 45.1. The first-order valence-electron chi connectivity index (χ1n) is 27.6. The Morgan fingerprint density at radius 3 is 1.69 bits per heavy atom. The van der Waals surface area contributed by atoms with Crippen LogP contribution in [0.4, 0.5) is 34.1 Å². The van der Waals surface area contributed by atoms with Crippen molar-refractivity contribution in [3.05, 3.63) is 236 Å². The number of rotatable bonds is 16. The number of imidazole rings is 1. The lowest BCUT2D eigenvalue weighted by Gasteiger charge is -2.27. The third kappa shape index (κ3) is 13.5. The van der Waals surface area contributed by atoms with E-state index in [9.17, 15) is 22.8 Å². The number of halogens is 3. The summed E-state index contributed by atoms with van der Waals surface area (Å²) in [6.45, 7) is 5.54. The summed E-state index contributed by atoms with van der Waals surface area (Å²) in [7, 11) is 4.89. The maximum atomic E-state index is 13.3. The quantitative estimate of drug-likeness (QED) is 0.0932. The van der Waals surface area contributed by atoms with Crippen LogP contribution in [0.15, 0.2) is 214 Å². The van der Waals surface area contributed by atoms with E-state index in [2.05, 4.69) is 44.2 Å². The number of H-pyrrole nitrogens is 1. The third-order valence-electron chi connectivity index (χ3n) is 14.8. The summed E-state index contributed by atoms with van der Waals surface area (Å²) in [4.78, 5) is 45.6. The minimum absolute atomic E-state index is 0.00512. The second kappa shape index (κ2) is 26.7. The highest BCUT2D eigenvalue weighted by Crippen LogP contribution is 2.38. The molecular weight excluding hydrogens is 1080 g/mol. The van der Waals surface area contributed by atoms with Crippen LogP contribution >= 0.6 is 0 Å². The van der Waals surface area contributed by atoms with Crippen molar-refractivity contribution in [3.8, 4) is 56.3 Å². The fourth-order valence-corrected chi connectivity index (χ4v) is 10.6. The topological polar surface area (TPSA) is 151 Å². The molecular formula is C66H63F3N11O5+. The highest BCUT2D eigenvalue weighted by Gasteiger charge is 2.36. The molecule has 5 aromatic carbocycles. The fourth-order valence-electron chi connectivity index (χ4n) is 10.6. The summed E-state index contributed by atoms with van der Waals surface area (Å²) in [5.41, 5.74) is 10.2. The number of amides is 4. The maximum Gasteiger partial charge on any atom is 0.416 e. The Labute approximate surface area is 491 Å². The number of hydrogen-bond donors (Lipinski definition) is 1. The minimum atomic E-state index is -4.38. The number of carbonyl (C=O) groups excluding carboxylic acids is 2. The molecule has 1 N–H and O–H groups in total. The van der Waals surface area contributed by atoms with Crippen molar-refractivity contribution < 1.29 is 41.5 Å². The molecule has 1 atom stereocenters. The van der Waals surface area contributed by atoms with Gasteiger partial charge in [-0.2, -0.15) is 18.3 Å². The summed E-state index contributed by atoms with van der Waals surface area (Å²) in [6.07, 6.45) is 15.8. The van der Waals surface area contributed by atoms with E-state index < -0.39 is 11.7 Å². The van der Waals surface area contributed by atoms with Crippen LogP contribution in [0.1, 0.15) is 41.6 Å². The summed E-state index contributed by atoms with van der Waals surface area (Å²) in [5.74, 6) is 2.15. The number of hydrogen-bond acceptors (Lipinski definition) is 9. The first-order valence-corrected chi connectivity index (χ1v) is 27.6. The molecule has 19 heteroatoms. The van der Waals surface area contributed by atoms with Crippen molar-refractivity contribution >= 4 is 23.4 Å². The zero-order valence-electron chi connectivity index (χ0n) is 47.4. The van der Waals surface area contributed by atoms with Crippen LogP contribution in [-0.2, 0) is 19.3 Å². The van der Waals surface area contributed by atoms with E-state index in [4.69, 9.17) is 14.2 Å². The predicted molar refractivity (Wildman–Crippen MR) is 319 cm³/mol. The number of alkyl halides is 3. The van der Waals surface area contributed by atoms with Crippen molar-refractivity contribution in [2.24, 2.45) is 0 Å². The lowest BCUT2D eigenvalue weighted by molar-refractivity contribution is -0.687. The van der Waals surface area contributed by atoms with Gasteiger partial charge in [-0.1, -0.05) is 55.5 Å². The van der Waals surface area contributed by atoms with Crippen LogP contribution in [0.2, 0.25) is 0 Å². The van der Waals surface area contributed by atoms with Crippen LogP contribution < -0.4 is 28.6 Å². The second-order valence-electron chi connectivity index (χ2n) is 19.9. The Kier molecular flexibility index (Phi) is 18.2. The number of ether oxygens (including phenoxy) is 3. The molecule has 2 fully saturated rings. The van der Waals surface area contributed by atoms with Crippen LogP contribution in [-0.4, -0.2) is 99.1 Å². The normalized spacial score (nSPS) is 13.4. The maximum absolute atomic E-state index is 13.3. The molecule has 10 aromatic rings. The van der Waals surface area contributed by atoms with Gasteiger partial charge in [0.2, 0.25) is 6.33 Å². The van der Waals surface area contributed by atoms with E-state index in [1.807, 2.05) is 135 Å². The van der Waals surface area contributed by atoms with E-state index >= 15 is 0 Å². The van der Waals surface area contributed by atoms with E-state index in [-0.39, 0.29) is 30.2 Å². The number of pyridine rings is 3. The summed E-state index contributed by atoms with van der Waals surface area (Å²) < 4.78 is 60.0. The number of methoxy groups -OCH3 is 3. The third-order valence-corrected chi connectivity index (χ3v) is 14.8. The SMILES string of the molecule is CCC(c1ccccc1)N1CCN(c2ccc(-c3cn[nH]c3)c(OC)c2)C1=O.COc1cc(-n2cc[n+](Cc3ccccc3C(F)(F)F)c2)ccc1-c1ccncc1.COc1cc(N2CCN(Cc3ccncc3)C2=O)ccc1-c1ccncc1. The van der Waals surface area contributed by atoms with Gasteiger partial charge in [0.1, 0.15) is 41.9 Å². The van der Waals surface area contributed by atoms with Crippen molar-refractivity contribution in [1.82, 2.24) is 39.5 Å². The lowest BCUT2D eigenvalue weighted by atomic mass is 10.0. The van der Waals surface area contributed by atoms with Crippen molar-refractivity contribution in [3.63, 3.8) is 0 Å². The minimum Gasteiger partial charge on any atom is -0.496 e. The highest BCUT2D eigenvalue weighted by atomic mass is 19.4. The Morgan fingerprint density at radius 1 is 0.600 bits per heavy atom. The fraction of sp³-hybridized carbons (Fsp3) is 0.197. The molecule has 1 unspecified atom stereocenters. The van der Waals surface area contributed by atoms with Crippen LogP contribution in [0, 0.1) is 0 Å². The number of carbonyl (C=O) groups is 2. The largest absolute Gasteiger partial charge is 0.496 e. The van der Waals surface area contributed by atoms with E-state index in [1.165, 1.54) is 17.7 Å². The van der Waals surface area contributed by atoms with Crippen LogP contribution in [0.25, 0.3) is 39.1 Å².